The number of aryl methyl sites for hydroxylation is 4. The van der Waals surface area contributed by atoms with Crippen LogP contribution in [-0.4, -0.2) is 21.6 Å². The molecule has 1 aliphatic carbocycles. The quantitative estimate of drug-likeness (QED) is 0.661. The van der Waals surface area contributed by atoms with Crippen molar-refractivity contribution in [2.75, 3.05) is 0 Å². The van der Waals surface area contributed by atoms with Crippen LogP contribution in [0.4, 0.5) is 0 Å². The van der Waals surface area contributed by atoms with Gasteiger partial charge >= 0.3 is 0 Å². The fraction of sp³-hybridized carbons (Fsp3) is 0.471. The highest BCUT2D eigenvalue weighted by molar-refractivity contribution is 7.14. The van der Waals surface area contributed by atoms with E-state index in [2.05, 4.69) is 16.0 Å². The average Bonchev–Trinajstić information content (AvgIpc) is 3.00. The minimum atomic E-state index is -0.298. The van der Waals surface area contributed by atoms with Gasteiger partial charge in [0.25, 0.3) is 11.8 Å². The van der Waals surface area contributed by atoms with Gasteiger partial charge in [-0.2, -0.15) is 5.10 Å². The molecular formula is C17H22N4O2S. The summed E-state index contributed by atoms with van der Waals surface area (Å²) in [5.74, 6) is -0.553. The topological polar surface area (TPSA) is 76.0 Å². The Balaban J connectivity index is 1.55. The van der Waals surface area contributed by atoms with Crippen LogP contribution in [0, 0.1) is 13.8 Å². The van der Waals surface area contributed by atoms with E-state index in [1.807, 2.05) is 26.0 Å². The highest BCUT2D eigenvalue weighted by atomic mass is 32.1. The lowest BCUT2D eigenvalue weighted by Crippen LogP contribution is -2.43. The molecule has 2 aromatic rings. The zero-order valence-electron chi connectivity index (χ0n) is 14.0. The van der Waals surface area contributed by atoms with Gasteiger partial charge in [0, 0.05) is 10.6 Å². The predicted octanol–water partition coefficient (Wildman–Crippen LogP) is 2.29. The summed E-state index contributed by atoms with van der Waals surface area (Å²) in [6.45, 7) is 3.86. The first kappa shape index (κ1) is 16.7. The van der Waals surface area contributed by atoms with Crippen molar-refractivity contribution in [3.63, 3.8) is 0 Å². The highest BCUT2D eigenvalue weighted by Crippen LogP contribution is 2.28. The van der Waals surface area contributed by atoms with E-state index in [-0.39, 0.29) is 18.4 Å². The summed E-state index contributed by atoms with van der Waals surface area (Å²) in [6, 6.07) is 3.87. The number of hydrogen-bond donors (Lipinski definition) is 2. The Kier molecular flexibility index (Phi) is 4.99. The summed E-state index contributed by atoms with van der Waals surface area (Å²) in [5, 5.41) is 4.23. The van der Waals surface area contributed by atoms with E-state index < -0.39 is 0 Å². The zero-order chi connectivity index (χ0) is 17.1. The molecular weight excluding hydrogens is 324 g/mol. The van der Waals surface area contributed by atoms with Gasteiger partial charge in [0.1, 0.15) is 6.54 Å². The number of thiophene rings is 1. The molecule has 2 amide bonds. The number of rotatable bonds is 3. The second-order valence-corrected chi connectivity index (χ2v) is 7.34. The van der Waals surface area contributed by atoms with Crippen molar-refractivity contribution in [2.45, 2.75) is 52.5 Å². The van der Waals surface area contributed by atoms with Crippen molar-refractivity contribution >= 4 is 23.2 Å². The lowest BCUT2D eigenvalue weighted by atomic mass is 10.1. The summed E-state index contributed by atoms with van der Waals surface area (Å²) in [4.78, 5) is 26.2. The van der Waals surface area contributed by atoms with Crippen LogP contribution in [-0.2, 0) is 24.2 Å². The number of carbonyl (C=O) groups excluding carboxylic acids is 2. The van der Waals surface area contributed by atoms with Crippen LogP contribution in [0.5, 0.6) is 0 Å². The first-order chi connectivity index (χ1) is 11.5. The van der Waals surface area contributed by atoms with Gasteiger partial charge in [0.05, 0.1) is 10.6 Å². The molecule has 6 nitrogen and oxygen atoms in total. The van der Waals surface area contributed by atoms with Gasteiger partial charge in [-0.05, 0) is 57.2 Å². The third-order valence-electron chi connectivity index (χ3n) is 4.18. The van der Waals surface area contributed by atoms with Gasteiger partial charge in [0.2, 0.25) is 0 Å². The van der Waals surface area contributed by atoms with Crippen molar-refractivity contribution in [1.29, 1.82) is 0 Å². The first-order valence-corrected chi connectivity index (χ1v) is 9.06. The van der Waals surface area contributed by atoms with Gasteiger partial charge in [-0.3, -0.25) is 25.1 Å². The van der Waals surface area contributed by atoms with Crippen molar-refractivity contribution in [3.8, 4) is 0 Å². The molecule has 0 unspecified atom stereocenters. The van der Waals surface area contributed by atoms with Crippen molar-refractivity contribution in [1.82, 2.24) is 20.6 Å². The molecule has 2 aromatic heterocycles. The fourth-order valence-corrected chi connectivity index (χ4v) is 4.13. The number of hydrogen-bond acceptors (Lipinski definition) is 4. The Labute approximate surface area is 145 Å². The van der Waals surface area contributed by atoms with E-state index in [9.17, 15) is 9.59 Å². The van der Waals surface area contributed by atoms with Gasteiger partial charge in [-0.25, -0.2) is 0 Å². The van der Waals surface area contributed by atoms with Crippen LogP contribution in [0.2, 0.25) is 0 Å². The number of nitrogens with zero attached hydrogens (tertiary/aromatic N) is 2. The van der Waals surface area contributed by atoms with Crippen LogP contribution in [0.3, 0.4) is 0 Å². The standard InChI is InChI=1S/C17H22N4O2S/c1-11-8-12(2)21(20-11)10-16(22)18-19-17(23)15-9-13-6-4-3-5-7-14(13)24-15/h8-9H,3-7,10H2,1-2H3,(H,18,22)(H,19,23). The number of aromatic nitrogens is 2. The maximum absolute atomic E-state index is 12.2. The number of fused-ring (bicyclic) bond motifs is 1. The minimum absolute atomic E-state index is 0.0842. The lowest BCUT2D eigenvalue weighted by Gasteiger charge is -2.07. The predicted molar refractivity (Wildman–Crippen MR) is 92.9 cm³/mol. The monoisotopic (exact) mass is 346 g/mol. The number of hydrazine groups is 1. The molecule has 1 aliphatic rings. The first-order valence-electron chi connectivity index (χ1n) is 8.25. The van der Waals surface area contributed by atoms with E-state index in [0.717, 1.165) is 24.2 Å². The van der Waals surface area contributed by atoms with Crippen molar-refractivity contribution in [2.24, 2.45) is 0 Å². The van der Waals surface area contributed by atoms with E-state index >= 15 is 0 Å². The molecule has 24 heavy (non-hydrogen) atoms. The minimum Gasteiger partial charge on any atom is -0.271 e. The molecule has 0 fully saturated rings. The normalized spacial score (nSPS) is 13.9. The van der Waals surface area contributed by atoms with Gasteiger partial charge in [0.15, 0.2) is 0 Å². The van der Waals surface area contributed by atoms with Crippen molar-refractivity contribution in [3.05, 3.63) is 38.8 Å². The summed E-state index contributed by atoms with van der Waals surface area (Å²) in [7, 11) is 0. The van der Waals surface area contributed by atoms with E-state index in [1.54, 1.807) is 4.68 Å². The third-order valence-corrected chi connectivity index (χ3v) is 5.42. The largest absolute Gasteiger partial charge is 0.279 e. The SMILES string of the molecule is Cc1cc(C)n(CC(=O)NNC(=O)c2cc3c(s2)CCCCC3)n1. The third kappa shape index (κ3) is 3.84. The molecule has 128 valence electrons. The summed E-state index contributed by atoms with van der Waals surface area (Å²) in [5.41, 5.74) is 8.03. The van der Waals surface area contributed by atoms with E-state index in [0.29, 0.717) is 4.88 Å². The molecule has 0 saturated carbocycles. The molecule has 0 bridgehead atoms. The Morgan fingerprint density at radius 2 is 1.96 bits per heavy atom. The molecule has 0 aliphatic heterocycles. The Morgan fingerprint density at radius 1 is 1.17 bits per heavy atom. The van der Waals surface area contributed by atoms with Crippen LogP contribution in [0.25, 0.3) is 0 Å². The van der Waals surface area contributed by atoms with E-state index in [1.165, 1.54) is 41.0 Å². The molecule has 0 spiro atoms. The highest BCUT2D eigenvalue weighted by Gasteiger charge is 2.17. The zero-order valence-corrected chi connectivity index (χ0v) is 14.8. The Hall–Kier alpha value is -2.15. The second kappa shape index (κ2) is 7.17. The van der Waals surface area contributed by atoms with Crippen LogP contribution in [0.1, 0.15) is 50.8 Å². The van der Waals surface area contributed by atoms with E-state index in [4.69, 9.17) is 0 Å². The summed E-state index contributed by atoms with van der Waals surface area (Å²) in [6.07, 6.45) is 5.73. The number of amides is 2. The van der Waals surface area contributed by atoms with Gasteiger partial charge in [-0.15, -0.1) is 11.3 Å². The summed E-state index contributed by atoms with van der Waals surface area (Å²) >= 11 is 1.54. The maximum atomic E-state index is 12.2. The number of nitrogens with one attached hydrogen (secondary N) is 2. The molecule has 7 heteroatoms. The molecule has 0 saturated heterocycles. The van der Waals surface area contributed by atoms with Crippen molar-refractivity contribution < 1.29 is 9.59 Å². The smallest absolute Gasteiger partial charge is 0.271 e. The second-order valence-electron chi connectivity index (χ2n) is 6.21. The Bertz CT molecular complexity index is 739. The molecule has 3 rings (SSSR count). The van der Waals surface area contributed by atoms with Gasteiger partial charge in [-0.1, -0.05) is 6.42 Å². The summed E-state index contributed by atoms with van der Waals surface area (Å²) < 4.78 is 1.62. The van der Waals surface area contributed by atoms with Crippen LogP contribution < -0.4 is 10.9 Å². The van der Waals surface area contributed by atoms with Crippen LogP contribution in [0.15, 0.2) is 12.1 Å². The van der Waals surface area contributed by atoms with Crippen LogP contribution >= 0.6 is 11.3 Å². The molecule has 2 heterocycles. The average molecular weight is 346 g/mol. The molecule has 0 atom stereocenters. The molecule has 0 radical (unpaired) electrons. The molecule has 2 N–H and O–H groups in total. The maximum Gasteiger partial charge on any atom is 0.279 e. The molecule has 0 aromatic carbocycles. The van der Waals surface area contributed by atoms with Gasteiger partial charge < -0.3 is 0 Å². The fourth-order valence-electron chi connectivity index (χ4n) is 2.98. The Morgan fingerprint density at radius 3 is 2.71 bits per heavy atom. The lowest BCUT2D eigenvalue weighted by molar-refractivity contribution is -0.122. The number of carbonyl (C=O) groups is 2.